The minimum atomic E-state index is 1.07. The first-order valence-corrected chi connectivity index (χ1v) is 13.7. The zero-order valence-corrected chi connectivity index (χ0v) is 20.0. The van der Waals surface area contributed by atoms with Gasteiger partial charge in [-0.25, -0.2) is 0 Å². The summed E-state index contributed by atoms with van der Waals surface area (Å²) in [5.74, 6) is 1.07. The van der Waals surface area contributed by atoms with Crippen molar-refractivity contribution >= 4 is 12.6 Å². The highest BCUT2D eigenvalue weighted by Gasteiger charge is 1.95. The molecule has 0 bridgehead atoms. The fourth-order valence-corrected chi connectivity index (χ4v) is 4.30. The molecule has 0 aromatic carbocycles. The summed E-state index contributed by atoms with van der Waals surface area (Å²) in [5.41, 5.74) is 0. The predicted molar refractivity (Wildman–Crippen MR) is 130 cm³/mol. The standard InChI is InChI=1S/C26H54S/c1-2-3-4-5-6-7-8-9-10-11-12-13-14-15-16-17-18-19-20-21-22-23-24-25-26-27/h27H,2-26H2,1H3. The van der Waals surface area contributed by atoms with E-state index < -0.39 is 0 Å². The van der Waals surface area contributed by atoms with Crippen LogP contribution >= 0.6 is 12.6 Å². The van der Waals surface area contributed by atoms with E-state index in [4.69, 9.17) is 0 Å². The van der Waals surface area contributed by atoms with Gasteiger partial charge in [0.25, 0.3) is 0 Å². The zero-order valence-electron chi connectivity index (χ0n) is 19.1. The highest BCUT2D eigenvalue weighted by atomic mass is 32.1. The molecule has 164 valence electrons. The second kappa shape index (κ2) is 26.4. The van der Waals surface area contributed by atoms with Crippen molar-refractivity contribution in [3.63, 3.8) is 0 Å². The maximum atomic E-state index is 4.27. The van der Waals surface area contributed by atoms with Crippen LogP contribution in [0.25, 0.3) is 0 Å². The Morgan fingerprint density at radius 3 is 0.667 bits per heavy atom. The van der Waals surface area contributed by atoms with Crippen LogP contribution < -0.4 is 0 Å². The lowest BCUT2D eigenvalue weighted by atomic mass is 10.0. The minimum Gasteiger partial charge on any atom is -0.179 e. The van der Waals surface area contributed by atoms with E-state index >= 15 is 0 Å². The summed E-state index contributed by atoms with van der Waals surface area (Å²) in [4.78, 5) is 0. The van der Waals surface area contributed by atoms with Gasteiger partial charge in [-0.1, -0.05) is 155 Å². The van der Waals surface area contributed by atoms with Crippen LogP contribution in [0, 0.1) is 0 Å². The first-order valence-electron chi connectivity index (χ1n) is 13.0. The molecular formula is C26H54S. The van der Waals surface area contributed by atoms with Gasteiger partial charge >= 0.3 is 0 Å². The molecule has 0 rings (SSSR count). The monoisotopic (exact) mass is 398 g/mol. The molecule has 0 saturated heterocycles. The molecule has 0 fully saturated rings. The fraction of sp³-hybridized carbons (Fsp3) is 1.00. The summed E-state index contributed by atoms with van der Waals surface area (Å²) in [6, 6.07) is 0. The third-order valence-corrected chi connectivity index (χ3v) is 6.33. The Kier molecular flexibility index (Phi) is 26.7. The quantitative estimate of drug-likeness (QED) is 0.121. The number of rotatable bonds is 24. The summed E-state index contributed by atoms with van der Waals surface area (Å²) in [6.07, 6.45) is 35.1. The first-order chi connectivity index (χ1) is 13.4. The molecule has 0 radical (unpaired) electrons. The summed E-state index contributed by atoms with van der Waals surface area (Å²) in [5, 5.41) is 0. The lowest BCUT2D eigenvalue weighted by Crippen LogP contribution is -1.84. The van der Waals surface area contributed by atoms with Gasteiger partial charge in [-0.2, -0.15) is 12.6 Å². The van der Waals surface area contributed by atoms with E-state index in [0.29, 0.717) is 0 Å². The van der Waals surface area contributed by atoms with E-state index in [2.05, 4.69) is 19.6 Å². The van der Waals surface area contributed by atoms with E-state index in [1.807, 2.05) is 0 Å². The molecule has 27 heavy (non-hydrogen) atoms. The lowest BCUT2D eigenvalue weighted by molar-refractivity contribution is 0.518. The Morgan fingerprint density at radius 2 is 0.481 bits per heavy atom. The van der Waals surface area contributed by atoms with Crippen LogP contribution in [0.4, 0.5) is 0 Å². The summed E-state index contributed by atoms with van der Waals surface area (Å²) < 4.78 is 0. The summed E-state index contributed by atoms with van der Waals surface area (Å²) in [6.45, 7) is 2.30. The van der Waals surface area contributed by atoms with Gasteiger partial charge in [0, 0.05) is 0 Å². The fourth-order valence-electron chi connectivity index (χ4n) is 4.07. The molecule has 0 nitrogen and oxygen atoms in total. The van der Waals surface area contributed by atoms with Gasteiger partial charge < -0.3 is 0 Å². The van der Waals surface area contributed by atoms with Crippen molar-refractivity contribution in [2.75, 3.05) is 5.75 Å². The molecule has 0 heterocycles. The SMILES string of the molecule is CCCCCCCCCCCCCCCCCCCCCCCCCCS. The van der Waals surface area contributed by atoms with E-state index in [1.165, 1.54) is 154 Å². The maximum Gasteiger partial charge on any atom is -0.00979 e. The number of hydrogen-bond acceptors (Lipinski definition) is 1. The number of thiol groups is 1. The molecule has 0 unspecified atom stereocenters. The van der Waals surface area contributed by atoms with E-state index in [-0.39, 0.29) is 0 Å². The molecule has 0 saturated carbocycles. The van der Waals surface area contributed by atoms with Gasteiger partial charge in [0.1, 0.15) is 0 Å². The topological polar surface area (TPSA) is 0 Å². The highest BCUT2D eigenvalue weighted by molar-refractivity contribution is 7.80. The van der Waals surface area contributed by atoms with Gasteiger partial charge in [0.05, 0.1) is 0 Å². The van der Waals surface area contributed by atoms with Crippen LogP contribution in [0.2, 0.25) is 0 Å². The Labute approximate surface area is 179 Å². The largest absolute Gasteiger partial charge is 0.179 e. The Hall–Kier alpha value is 0.350. The molecule has 0 spiro atoms. The average Bonchev–Trinajstić information content (AvgIpc) is 2.68. The zero-order chi connectivity index (χ0) is 19.7. The third kappa shape index (κ3) is 26.4. The van der Waals surface area contributed by atoms with Gasteiger partial charge in [0.2, 0.25) is 0 Å². The molecule has 0 aromatic heterocycles. The van der Waals surface area contributed by atoms with Gasteiger partial charge in [-0.3, -0.25) is 0 Å². The van der Waals surface area contributed by atoms with Gasteiger partial charge in [-0.05, 0) is 12.2 Å². The van der Waals surface area contributed by atoms with Crippen LogP contribution in [0.5, 0.6) is 0 Å². The van der Waals surface area contributed by atoms with E-state index in [9.17, 15) is 0 Å². The van der Waals surface area contributed by atoms with Crippen LogP contribution in [-0.4, -0.2) is 5.75 Å². The molecule has 0 aliphatic rings. The molecule has 0 amide bonds. The van der Waals surface area contributed by atoms with Crippen LogP contribution in [0.3, 0.4) is 0 Å². The van der Waals surface area contributed by atoms with Crippen LogP contribution in [0.15, 0.2) is 0 Å². The van der Waals surface area contributed by atoms with Gasteiger partial charge in [0.15, 0.2) is 0 Å². The number of hydrogen-bond donors (Lipinski definition) is 1. The Morgan fingerprint density at radius 1 is 0.296 bits per heavy atom. The molecule has 0 N–H and O–H groups in total. The molecule has 0 aromatic rings. The molecule has 0 aliphatic carbocycles. The van der Waals surface area contributed by atoms with Crippen molar-refractivity contribution < 1.29 is 0 Å². The lowest BCUT2D eigenvalue weighted by Gasteiger charge is -2.04. The van der Waals surface area contributed by atoms with Crippen molar-refractivity contribution in [2.45, 2.75) is 161 Å². The Balaban J connectivity index is 2.95. The first kappa shape index (κ1) is 27.4. The Bertz CT molecular complexity index is 214. The van der Waals surface area contributed by atoms with Gasteiger partial charge in [-0.15, -0.1) is 0 Å². The molecule has 1 heteroatoms. The predicted octanol–water partition coefficient (Wildman–Crippen LogP) is 10.3. The normalized spacial score (nSPS) is 11.3. The average molecular weight is 399 g/mol. The summed E-state index contributed by atoms with van der Waals surface area (Å²) >= 11 is 4.27. The molecule has 0 aliphatic heterocycles. The van der Waals surface area contributed by atoms with Crippen molar-refractivity contribution in [3.05, 3.63) is 0 Å². The second-order valence-corrected chi connectivity index (χ2v) is 9.30. The highest BCUT2D eigenvalue weighted by Crippen LogP contribution is 2.15. The van der Waals surface area contributed by atoms with E-state index in [1.54, 1.807) is 0 Å². The van der Waals surface area contributed by atoms with Crippen LogP contribution in [0.1, 0.15) is 161 Å². The van der Waals surface area contributed by atoms with Crippen molar-refractivity contribution in [2.24, 2.45) is 0 Å². The number of unbranched alkanes of at least 4 members (excludes halogenated alkanes) is 23. The third-order valence-electron chi connectivity index (χ3n) is 6.01. The molecule has 0 atom stereocenters. The second-order valence-electron chi connectivity index (χ2n) is 8.86. The summed E-state index contributed by atoms with van der Waals surface area (Å²) in [7, 11) is 0. The maximum absolute atomic E-state index is 4.27. The van der Waals surface area contributed by atoms with E-state index in [0.717, 1.165) is 5.75 Å². The molecular weight excluding hydrogens is 344 g/mol. The van der Waals surface area contributed by atoms with Crippen LogP contribution in [-0.2, 0) is 0 Å². The van der Waals surface area contributed by atoms with Crippen molar-refractivity contribution in [1.29, 1.82) is 0 Å². The smallest absolute Gasteiger partial charge is 0.00979 e. The van der Waals surface area contributed by atoms with Crippen molar-refractivity contribution in [3.8, 4) is 0 Å². The minimum absolute atomic E-state index is 1.07. The van der Waals surface area contributed by atoms with Crippen molar-refractivity contribution in [1.82, 2.24) is 0 Å².